The maximum Gasteiger partial charge on any atom is 0.274 e. The Balaban J connectivity index is 1.61. The average Bonchev–Trinajstić information content (AvgIpc) is 2.79. The van der Waals surface area contributed by atoms with Crippen molar-refractivity contribution in [2.24, 2.45) is 0 Å². The summed E-state index contributed by atoms with van der Waals surface area (Å²) in [5.74, 6) is -0.292. The number of anilines is 1. The Morgan fingerprint density at radius 2 is 1.79 bits per heavy atom. The Morgan fingerprint density at radius 1 is 1.06 bits per heavy atom. The molecule has 4 aromatic rings. The number of nitrogens with one attached hydrogen (secondary N) is 2. The van der Waals surface area contributed by atoms with Gasteiger partial charge in [-0.05, 0) is 36.4 Å². The number of hydrogen-bond acceptors (Lipinski definition) is 7. The first-order valence-electron chi connectivity index (χ1n) is 9.50. The van der Waals surface area contributed by atoms with Gasteiger partial charge in [-0.1, -0.05) is 24.3 Å². The normalized spacial score (nSPS) is 11.9. The monoisotopic (exact) mass is 464 g/mol. The van der Waals surface area contributed by atoms with E-state index in [1.165, 1.54) is 30.3 Å². The second-order valence-corrected chi connectivity index (χ2v) is 8.62. The molecule has 0 aliphatic carbocycles. The number of fused-ring (bicyclic) bond motifs is 1. The first kappa shape index (κ1) is 21.7. The molecule has 0 fully saturated rings. The first-order valence-corrected chi connectivity index (χ1v) is 11.0. The summed E-state index contributed by atoms with van der Waals surface area (Å²) in [7, 11) is -4.03. The van der Waals surface area contributed by atoms with Gasteiger partial charge in [-0.2, -0.15) is 0 Å². The van der Waals surface area contributed by atoms with Gasteiger partial charge in [0.15, 0.2) is 0 Å². The highest BCUT2D eigenvalue weighted by Gasteiger charge is 2.16. The van der Waals surface area contributed by atoms with Crippen LogP contribution in [-0.4, -0.2) is 28.4 Å². The molecule has 3 aromatic carbocycles. The molecule has 0 saturated carbocycles. The van der Waals surface area contributed by atoms with Gasteiger partial charge in [-0.25, -0.2) is 13.4 Å². The SMILES string of the molecule is O=c1[nH]c2ccccc2nc1/C=C(\O)c1cccc(NS(=O)(=O)c2ccc([N+](=O)[O-])cc2)c1. The molecule has 4 rings (SSSR count). The van der Waals surface area contributed by atoms with Gasteiger partial charge in [0.05, 0.1) is 20.9 Å². The van der Waals surface area contributed by atoms with Crippen molar-refractivity contribution in [1.82, 2.24) is 9.97 Å². The summed E-state index contributed by atoms with van der Waals surface area (Å²) in [6, 6.07) is 17.3. The summed E-state index contributed by atoms with van der Waals surface area (Å²) in [5.41, 5.74) is 0.753. The van der Waals surface area contributed by atoms with E-state index in [9.17, 15) is 28.4 Å². The molecule has 1 heterocycles. The second-order valence-electron chi connectivity index (χ2n) is 6.94. The van der Waals surface area contributed by atoms with Crippen molar-refractivity contribution in [3.05, 3.63) is 105 Å². The van der Waals surface area contributed by atoms with Crippen LogP contribution in [-0.2, 0) is 10.0 Å². The van der Waals surface area contributed by atoms with E-state index < -0.39 is 20.5 Å². The largest absolute Gasteiger partial charge is 0.507 e. The molecule has 0 radical (unpaired) electrons. The Morgan fingerprint density at radius 3 is 2.52 bits per heavy atom. The average molecular weight is 464 g/mol. The summed E-state index contributed by atoms with van der Waals surface area (Å²) in [6.07, 6.45) is 1.19. The number of nitro groups is 1. The summed E-state index contributed by atoms with van der Waals surface area (Å²) in [6.45, 7) is 0. The van der Waals surface area contributed by atoms with Crippen molar-refractivity contribution in [1.29, 1.82) is 0 Å². The smallest absolute Gasteiger partial charge is 0.274 e. The van der Waals surface area contributed by atoms with E-state index in [1.807, 2.05) is 0 Å². The van der Waals surface area contributed by atoms with Crippen molar-refractivity contribution < 1.29 is 18.4 Å². The van der Waals surface area contributed by atoms with Gasteiger partial charge in [0.2, 0.25) is 0 Å². The Bertz CT molecular complexity index is 1560. The number of nitro benzene ring substituents is 1. The van der Waals surface area contributed by atoms with E-state index in [1.54, 1.807) is 24.3 Å². The fourth-order valence-corrected chi connectivity index (χ4v) is 4.11. The van der Waals surface area contributed by atoms with Gasteiger partial charge < -0.3 is 10.1 Å². The van der Waals surface area contributed by atoms with E-state index in [-0.39, 0.29) is 33.3 Å². The van der Waals surface area contributed by atoms with Crippen molar-refractivity contribution >= 4 is 44.3 Å². The van der Waals surface area contributed by atoms with Crippen molar-refractivity contribution in [2.75, 3.05) is 4.72 Å². The van der Waals surface area contributed by atoms with Gasteiger partial charge in [0.1, 0.15) is 11.5 Å². The Hall–Kier alpha value is -4.51. The van der Waals surface area contributed by atoms with Crippen molar-refractivity contribution in [3.63, 3.8) is 0 Å². The fourth-order valence-electron chi connectivity index (χ4n) is 3.06. The van der Waals surface area contributed by atoms with Crippen LogP contribution in [0, 0.1) is 10.1 Å². The van der Waals surface area contributed by atoms with Crippen LogP contribution in [0.3, 0.4) is 0 Å². The summed E-state index contributed by atoms with van der Waals surface area (Å²) in [4.78, 5) is 29.2. The maximum absolute atomic E-state index is 12.6. The molecule has 0 aliphatic rings. The summed E-state index contributed by atoms with van der Waals surface area (Å²) < 4.78 is 27.6. The first-order chi connectivity index (χ1) is 15.7. The van der Waals surface area contributed by atoms with Crippen LogP contribution in [0.25, 0.3) is 22.9 Å². The van der Waals surface area contributed by atoms with Gasteiger partial charge in [0, 0.05) is 29.5 Å². The zero-order chi connectivity index (χ0) is 23.6. The highest BCUT2D eigenvalue weighted by Crippen LogP contribution is 2.22. The fraction of sp³-hybridized carbons (Fsp3) is 0. The standard InChI is InChI=1S/C22H16N4O6S/c27-21(13-20-22(28)24-19-7-2-1-6-18(19)23-20)14-4-3-5-15(12-14)25-33(31,32)17-10-8-16(9-11-17)26(29)30/h1-13,25,27H,(H,24,28)/b21-13-. The van der Waals surface area contributed by atoms with Crippen molar-refractivity contribution in [2.45, 2.75) is 4.90 Å². The number of aromatic amines is 1. The lowest BCUT2D eigenvalue weighted by Crippen LogP contribution is -2.13. The number of aromatic nitrogens is 2. The molecule has 3 N–H and O–H groups in total. The van der Waals surface area contributed by atoms with Crippen LogP contribution in [0.4, 0.5) is 11.4 Å². The van der Waals surface area contributed by atoms with Gasteiger partial charge in [-0.3, -0.25) is 19.6 Å². The molecule has 1 aromatic heterocycles. The van der Waals surface area contributed by atoms with E-state index in [4.69, 9.17) is 0 Å². The number of aliphatic hydroxyl groups excluding tert-OH is 1. The number of para-hydroxylation sites is 2. The minimum Gasteiger partial charge on any atom is -0.507 e. The zero-order valence-corrected chi connectivity index (χ0v) is 17.6. The van der Waals surface area contributed by atoms with Crippen LogP contribution >= 0.6 is 0 Å². The lowest BCUT2D eigenvalue weighted by molar-refractivity contribution is -0.384. The van der Waals surface area contributed by atoms with Crippen LogP contribution < -0.4 is 10.3 Å². The zero-order valence-electron chi connectivity index (χ0n) is 16.8. The lowest BCUT2D eigenvalue weighted by atomic mass is 10.1. The van der Waals surface area contributed by atoms with Crippen LogP contribution in [0.2, 0.25) is 0 Å². The maximum atomic E-state index is 12.6. The molecule has 0 atom stereocenters. The molecule has 0 aliphatic heterocycles. The third kappa shape index (κ3) is 4.72. The number of aliphatic hydroxyl groups is 1. The van der Waals surface area contributed by atoms with E-state index in [0.29, 0.717) is 11.0 Å². The number of benzene rings is 3. The molecule has 0 saturated heterocycles. The lowest BCUT2D eigenvalue weighted by Gasteiger charge is -2.09. The molecule has 0 bridgehead atoms. The van der Waals surface area contributed by atoms with Gasteiger partial charge in [-0.15, -0.1) is 0 Å². The third-order valence-electron chi connectivity index (χ3n) is 4.67. The summed E-state index contributed by atoms with van der Waals surface area (Å²) in [5, 5.41) is 21.3. The third-order valence-corrected chi connectivity index (χ3v) is 6.06. The van der Waals surface area contributed by atoms with E-state index >= 15 is 0 Å². The quantitative estimate of drug-likeness (QED) is 0.223. The molecule has 166 valence electrons. The summed E-state index contributed by atoms with van der Waals surface area (Å²) >= 11 is 0. The molecule has 0 spiro atoms. The molecule has 33 heavy (non-hydrogen) atoms. The number of sulfonamides is 1. The molecule has 11 heteroatoms. The molecule has 10 nitrogen and oxygen atoms in total. The number of nitrogens with zero attached hydrogens (tertiary/aromatic N) is 2. The second kappa shape index (κ2) is 8.55. The number of H-pyrrole nitrogens is 1. The van der Waals surface area contributed by atoms with Crippen LogP contribution in [0.1, 0.15) is 11.3 Å². The van der Waals surface area contributed by atoms with Crippen LogP contribution in [0.5, 0.6) is 0 Å². The highest BCUT2D eigenvalue weighted by molar-refractivity contribution is 7.92. The highest BCUT2D eigenvalue weighted by atomic mass is 32.2. The number of hydrogen-bond donors (Lipinski definition) is 3. The molecule has 0 unspecified atom stereocenters. The van der Waals surface area contributed by atoms with E-state index in [0.717, 1.165) is 24.3 Å². The number of rotatable bonds is 6. The predicted octanol–water partition coefficient (Wildman–Crippen LogP) is 3.69. The minimum absolute atomic E-state index is 0.0111. The Labute approximate surface area is 187 Å². The molecular formula is C22H16N4O6S. The number of non-ortho nitro benzene ring substituents is 1. The van der Waals surface area contributed by atoms with Crippen LogP contribution in [0.15, 0.2) is 82.5 Å². The van der Waals surface area contributed by atoms with Crippen molar-refractivity contribution in [3.8, 4) is 0 Å². The van der Waals surface area contributed by atoms with E-state index in [2.05, 4.69) is 14.7 Å². The van der Waals surface area contributed by atoms with Gasteiger partial charge >= 0.3 is 0 Å². The van der Waals surface area contributed by atoms with Gasteiger partial charge in [0.25, 0.3) is 21.3 Å². The topological polar surface area (TPSA) is 155 Å². The molecule has 0 amide bonds. The minimum atomic E-state index is -4.03. The molecular weight excluding hydrogens is 448 g/mol. The Kier molecular flexibility index (Phi) is 5.63. The predicted molar refractivity (Wildman–Crippen MR) is 123 cm³/mol.